The van der Waals surface area contributed by atoms with E-state index < -0.39 is 5.92 Å². The van der Waals surface area contributed by atoms with Crippen LogP contribution in [-0.2, 0) is 0 Å². The van der Waals surface area contributed by atoms with E-state index in [-0.39, 0.29) is 16.8 Å². The molecule has 0 N–H and O–H groups in total. The minimum Gasteiger partial charge on any atom is -0.293 e. The first-order valence-corrected chi connectivity index (χ1v) is 13.4. The van der Waals surface area contributed by atoms with Crippen molar-refractivity contribution >= 4 is 45.7 Å². The maximum Gasteiger partial charge on any atom is 0.173 e. The van der Waals surface area contributed by atoms with Gasteiger partial charge in [0.15, 0.2) is 11.6 Å². The molecular weight excluding hydrogens is 496 g/mol. The lowest BCUT2D eigenvalue weighted by Gasteiger charge is -2.23. The maximum atomic E-state index is 13.8. The second kappa shape index (κ2) is 11.6. The van der Waals surface area contributed by atoms with Crippen LogP contribution in [0.1, 0.15) is 38.0 Å². The number of hydrogen-bond donors (Lipinski definition) is 0. The van der Waals surface area contributed by atoms with Gasteiger partial charge in [-0.3, -0.25) is 9.59 Å². The predicted molar refractivity (Wildman–Crippen MR) is 154 cm³/mol. The Kier molecular flexibility index (Phi) is 7.84. The van der Waals surface area contributed by atoms with E-state index in [0.29, 0.717) is 22.6 Å². The molecule has 0 aliphatic carbocycles. The minimum absolute atomic E-state index is 0.129. The van der Waals surface area contributed by atoms with Gasteiger partial charge in [0, 0.05) is 26.3 Å². The lowest BCUT2D eigenvalue weighted by molar-refractivity contribution is 0.0799. The highest BCUT2D eigenvalue weighted by Crippen LogP contribution is 2.42. The standard InChI is InChI=1S/C33H25ClO2S/c34-28-17-19-29(20-18-28)37-31(27-16-15-23-9-7-8-14-26(23)21-27)22-30(32(35)24-10-3-1-4-11-24)33(36)25-12-5-2-6-13-25/h1-21,30-31H,22H2. The van der Waals surface area contributed by atoms with Crippen LogP contribution in [0.15, 0.2) is 132 Å². The van der Waals surface area contributed by atoms with Crippen molar-refractivity contribution in [1.82, 2.24) is 0 Å². The Hall–Kier alpha value is -3.66. The molecule has 182 valence electrons. The van der Waals surface area contributed by atoms with Gasteiger partial charge in [-0.05, 0) is 47.0 Å². The van der Waals surface area contributed by atoms with Gasteiger partial charge in [0.25, 0.3) is 0 Å². The molecule has 5 rings (SSSR count). The Bertz CT molecular complexity index is 1460. The highest BCUT2D eigenvalue weighted by molar-refractivity contribution is 7.99. The number of halogens is 1. The molecule has 5 aromatic carbocycles. The Morgan fingerprint density at radius 1 is 0.622 bits per heavy atom. The van der Waals surface area contributed by atoms with E-state index in [1.165, 1.54) is 0 Å². The molecule has 0 aliphatic heterocycles. The van der Waals surface area contributed by atoms with Crippen LogP contribution in [0, 0.1) is 5.92 Å². The molecule has 0 heterocycles. The molecule has 0 aliphatic rings. The molecular formula is C33H25ClO2S. The fourth-order valence-electron chi connectivity index (χ4n) is 4.49. The van der Waals surface area contributed by atoms with Gasteiger partial charge < -0.3 is 0 Å². The summed E-state index contributed by atoms with van der Waals surface area (Å²) >= 11 is 7.78. The summed E-state index contributed by atoms with van der Waals surface area (Å²) in [6, 6.07) is 40.5. The molecule has 0 spiro atoms. The van der Waals surface area contributed by atoms with E-state index in [4.69, 9.17) is 11.6 Å². The normalized spacial score (nSPS) is 11.9. The van der Waals surface area contributed by atoms with Gasteiger partial charge in [0.1, 0.15) is 0 Å². The first-order valence-electron chi connectivity index (χ1n) is 12.2. The molecule has 0 bridgehead atoms. The number of benzene rings is 5. The first kappa shape index (κ1) is 25.0. The molecule has 4 heteroatoms. The summed E-state index contributed by atoms with van der Waals surface area (Å²) in [6.45, 7) is 0. The van der Waals surface area contributed by atoms with Gasteiger partial charge in [-0.2, -0.15) is 0 Å². The predicted octanol–water partition coefficient (Wildman–Crippen LogP) is 9.10. The third kappa shape index (κ3) is 6.02. The van der Waals surface area contributed by atoms with Crippen molar-refractivity contribution in [2.75, 3.05) is 0 Å². The molecule has 1 atom stereocenters. The van der Waals surface area contributed by atoms with Gasteiger partial charge >= 0.3 is 0 Å². The summed E-state index contributed by atoms with van der Waals surface area (Å²) in [4.78, 5) is 28.6. The lowest BCUT2D eigenvalue weighted by Crippen LogP contribution is -2.26. The van der Waals surface area contributed by atoms with Crippen molar-refractivity contribution in [2.24, 2.45) is 5.92 Å². The zero-order valence-electron chi connectivity index (χ0n) is 20.1. The molecule has 0 aromatic heterocycles. The summed E-state index contributed by atoms with van der Waals surface area (Å²) in [7, 11) is 0. The number of thioether (sulfide) groups is 1. The van der Waals surface area contributed by atoms with Gasteiger partial charge in [-0.1, -0.05) is 115 Å². The Morgan fingerprint density at radius 2 is 1.16 bits per heavy atom. The number of hydrogen-bond acceptors (Lipinski definition) is 3. The van der Waals surface area contributed by atoms with Crippen molar-refractivity contribution in [3.63, 3.8) is 0 Å². The van der Waals surface area contributed by atoms with E-state index in [1.807, 2.05) is 72.8 Å². The highest BCUT2D eigenvalue weighted by atomic mass is 35.5. The maximum absolute atomic E-state index is 13.8. The third-order valence-electron chi connectivity index (χ3n) is 6.44. The van der Waals surface area contributed by atoms with E-state index in [2.05, 4.69) is 30.3 Å². The zero-order valence-corrected chi connectivity index (χ0v) is 21.7. The average Bonchev–Trinajstić information content (AvgIpc) is 2.96. The lowest BCUT2D eigenvalue weighted by atomic mass is 9.85. The van der Waals surface area contributed by atoms with Crippen LogP contribution in [0.5, 0.6) is 0 Å². The molecule has 37 heavy (non-hydrogen) atoms. The summed E-state index contributed by atoms with van der Waals surface area (Å²) in [5.41, 5.74) is 2.17. The first-order chi connectivity index (χ1) is 18.1. The van der Waals surface area contributed by atoms with E-state index >= 15 is 0 Å². The van der Waals surface area contributed by atoms with Crippen molar-refractivity contribution < 1.29 is 9.59 Å². The molecule has 0 fully saturated rings. The summed E-state index contributed by atoms with van der Waals surface area (Å²) in [5.74, 6) is -1.13. The van der Waals surface area contributed by atoms with Crippen molar-refractivity contribution in [3.05, 3.63) is 149 Å². The van der Waals surface area contributed by atoms with E-state index in [1.54, 1.807) is 36.0 Å². The number of ketones is 2. The van der Waals surface area contributed by atoms with Crippen LogP contribution in [0.2, 0.25) is 5.02 Å². The molecule has 1 unspecified atom stereocenters. The van der Waals surface area contributed by atoms with Gasteiger partial charge in [0.05, 0.1) is 5.92 Å². The molecule has 5 aromatic rings. The summed E-state index contributed by atoms with van der Waals surface area (Å²) < 4.78 is 0. The SMILES string of the molecule is O=C(c1ccccc1)C(CC(Sc1ccc(Cl)cc1)c1ccc2ccccc2c1)C(=O)c1ccccc1. The van der Waals surface area contributed by atoms with Gasteiger partial charge in [-0.15, -0.1) is 11.8 Å². The molecule has 0 radical (unpaired) electrons. The molecule has 0 saturated heterocycles. The largest absolute Gasteiger partial charge is 0.293 e. The molecule has 0 amide bonds. The second-order valence-corrected chi connectivity index (χ2v) is 10.6. The van der Waals surface area contributed by atoms with Crippen LogP contribution in [0.3, 0.4) is 0 Å². The van der Waals surface area contributed by atoms with Crippen LogP contribution in [0.25, 0.3) is 10.8 Å². The fraction of sp³-hybridized carbons (Fsp3) is 0.0909. The molecule has 0 saturated carbocycles. The van der Waals surface area contributed by atoms with E-state index in [9.17, 15) is 9.59 Å². The average molecular weight is 521 g/mol. The Morgan fingerprint density at radius 3 is 1.76 bits per heavy atom. The number of carbonyl (C=O) groups is 2. The van der Waals surface area contributed by atoms with Crippen LogP contribution >= 0.6 is 23.4 Å². The van der Waals surface area contributed by atoms with Crippen molar-refractivity contribution in [3.8, 4) is 0 Å². The third-order valence-corrected chi connectivity index (χ3v) is 7.98. The monoisotopic (exact) mass is 520 g/mol. The van der Waals surface area contributed by atoms with Crippen molar-refractivity contribution in [1.29, 1.82) is 0 Å². The molecule has 2 nitrogen and oxygen atoms in total. The van der Waals surface area contributed by atoms with Crippen molar-refractivity contribution in [2.45, 2.75) is 16.6 Å². The second-order valence-electron chi connectivity index (χ2n) is 8.92. The topological polar surface area (TPSA) is 34.1 Å². The Labute approximate surface area is 226 Å². The van der Waals surface area contributed by atoms with Crippen LogP contribution in [-0.4, -0.2) is 11.6 Å². The highest BCUT2D eigenvalue weighted by Gasteiger charge is 2.32. The van der Waals surface area contributed by atoms with Gasteiger partial charge in [-0.25, -0.2) is 0 Å². The summed E-state index contributed by atoms with van der Waals surface area (Å²) in [5, 5.41) is 2.82. The number of fused-ring (bicyclic) bond motifs is 1. The number of carbonyl (C=O) groups excluding carboxylic acids is 2. The van der Waals surface area contributed by atoms with Crippen LogP contribution in [0.4, 0.5) is 0 Å². The van der Waals surface area contributed by atoms with Crippen LogP contribution < -0.4 is 0 Å². The smallest absolute Gasteiger partial charge is 0.173 e. The van der Waals surface area contributed by atoms with Gasteiger partial charge in [0.2, 0.25) is 0 Å². The Balaban J connectivity index is 1.56. The fourth-order valence-corrected chi connectivity index (χ4v) is 5.81. The van der Waals surface area contributed by atoms with E-state index in [0.717, 1.165) is 21.2 Å². The zero-order chi connectivity index (χ0) is 25.6. The number of Topliss-reactive ketones (excluding diaryl/α,β-unsaturated/α-hetero) is 2. The summed E-state index contributed by atoms with van der Waals surface area (Å²) in [6.07, 6.45) is 0.368. The minimum atomic E-state index is -0.818. The quantitative estimate of drug-likeness (QED) is 0.110. The number of rotatable bonds is 9.